The quantitative estimate of drug-likeness (QED) is 0.917. The van der Waals surface area contributed by atoms with Crippen LogP contribution in [0.15, 0.2) is 16.7 Å². The summed E-state index contributed by atoms with van der Waals surface area (Å²) in [5.74, 6) is 3.97. The van der Waals surface area contributed by atoms with Crippen molar-refractivity contribution in [3.8, 4) is 0 Å². The predicted octanol–water partition coefficient (Wildman–Crippen LogP) is 3.14. The lowest BCUT2D eigenvalue weighted by molar-refractivity contribution is -0.0823. The zero-order valence-electron chi connectivity index (χ0n) is 12.5. The Bertz CT molecular complexity index is 458. The molecule has 4 aliphatic rings. The van der Waals surface area contributed by atoms with Crippen LogP contribution < -0.4 is 5.73 Å². The Morgan fingerprint density at radius 1 is 1.20 bits per heavy atom. The molecular weight excluding hydrogens is 248 g/mol. The number of hydrogen-bond acceptors (Lipinski definition) is 3. The molecule has 20 heavy (non-hydrogen) atoms. The number of furan rings is 1. The van der Waals surface area contributed by atoms with Crippen molar-refractivity contribution in [2.24, 2.45) is 23.5 Å². The third-order valence-corrected chi connectivity index (χ3v) is 6.25. The summed E-state index contributed by atoms with van der Waals surface area (Å²) in [4.78, 5) is 2.63. The van der Waals surface area contributed by atoms with Crippen LogP contribution in [0.2, 0.25) is 0 Å². The maximum absolute atomic E-state index is 5.76. The van der Waals surface area contributed by atoms with Crippen molar-refractivity contribution in [3.63, 3.8) is 0 Å². The second-order valence-corrected chi connectivity index (χ2v) is 7.57. The monoisotopic (exact) mass is 274 g/mol. The number of nitrogens with zero attached hydrogens (tertiary/aromatic N) is 1. The number of rotatable bonds is 4. The Morgan fingerprint density at radius 3 is 2.35 bits per heavy atom. The highest BCUT2D eigenvalue weighted by Gasteiger charge is 2.52. The highest BCUT2D eigenvalue weighted by Crippen LogP contribution is 2.57. The molecule has 0 spiro atoms. The third kappa shape index (κ3) is 1.94. The lowest BCUT2D eigenvalue weighted by Crippen LogP contribution is -2.58. The first-order valence-corrected chi connectivity index (χ1v) is 8.15. The maximum atomic E-state index is 5.76. The van der Waals surface area contributed by atoms with Gasteiger partial charge in [-0.15, -0.1) is 0 Å². The molecule has 110 valence electrons. The first kappa shape index (κ1) is 12.9. The minimum Gasteiger partial charge on any atom is -0.468 e. The summed E-state index contributed by atoms with van der Waals surface area (Å²) in [5.41, 5.74) is 7.52. The van der Waals surface area contributed by atoms with Gasteiger partial charge >= 0.3 is 0 Å². The Balaban J connectivity index is 1.55. The Kier molecular flexibility index (Phi) is 2.97. The molecule has 4 saturated carbocycles. The van der Waals surface area contributed by atoms with E-state index in [9.17, 15) is 0 Å². The largest absolute Gasteiger partial charge is 0.468 e. The van der Waals surface area contributed by atoms with Gasteiger partial charge in [0.2, 0.25) is 0 Å². The van der Waals surface area contributed by atoms with E-state index in [1.165, 1.54) is 44.1 Å². The highest BCUT2D eigenvalue weighted by molar-refractivity contribution is 5.18. The van der Waals surface area contributed by atoms with E-state index in [2.05, 4.69) is 18.0 Å². The molecule has 4 bridgehead atoms. The van der Waals surface area contributed by atoms with Crippen LogP contribution in [0.5, 0.6) is 0 Å². The van der Waals surface area contributed by atoms with Gasteiger partial charge in [-0.1, -0.05) is 0 Å². The molecule has 0 aromatic carbocycles. The van der Waals surface area contributed by atoms with E-state index in [4.69, 9.17) is 10.2 Å². The lowest BCUT2D eigenvalue weighted by atomic mass is 9.52. The average molecular weight is 274 g/mol. The second kappa shape index (κ2) is 4.60. The lowest BCUT2D eigenvalue weighted by Gasteiger charge is -2.60. The van der Waals surface area contributed by atoms with Crippen LogP contribution in [0, 0.1) is 17.8 Å². The Labute approximate surface area is 121 Å². The Hall–Kier alpha value is -0.800. The molecule has 1 aromatic rings. The van der Waals surface area contributed by atoms with Crippen molar-refractivity contribution in [2.45, 2.75) is 57.2 Å². The van der Waals surface area contributed by atoms with Crippen molar-refractivity contribution in [1.29, 1.82) is 0 Å². The maximum Gasteiger partial charge on any atom is 0.121 e. The molecular formula is C17H26N2O. The van der Waals surface area contributed by atoms with Crippen molar-refractivity contribution in [2.75, 3.05) is 7.05 Å². The smallest absolute Gasteiger partial charge is 0.121 e. The van der Waals surface area contributed by atoms with E-state index in [1.54, 1.807) is 6.26 Å². The van der Waals surface area contributed by atoms with Crippen LogP contribution >= 0.6 is 0 Å². The van der Waals surface area contributed by atoms with Gasteiger partial charge in [0.1, 0.15) is 5.76 Å². The summed E-state index contributed by atoms with van der Waals surface area (Å²) in [5, 5.41) is 0. The molecule has 4 aliphatic carbocycles. The molecule has 1 aromatic heterocycles. The van der Waals surface area contributed by atoms with Crippen LogP contribution in [-0.4, -0.2) is 17.5 Å². The van der Waals surface area contributed by atoms with Gasteiger partial charge in [-0.25, -0.2) is 0 Å². The number of nitrogens with two attached hydrogens (primary N) is 1. The van der Waals surface area contributed by atoms with E-state index >= 15 is 0 Å². The molecule has 0 saturated heterocycles. The van der Waals surface area contributed by atoms with Gasteiger partial charge < -0.3 is 10.2 Å². The first-order chi connectivity index (χ1) is 9.68. The molecule has 2 N–H and O–H groups in total. The fraction of sp³-hybridized carbons (Fsp3) is 0.765. The molecule has 0 aliphatic heterocycles. The van der Waals surface area contributed by atoms with Crippen LogP contribution in [0.3, 0.4) is 0 Å². The first-order valence-electron chi connectivity index (χ1n) is 8.15. The molecule has 5 rings (SSSR count). The highest BCUT2D eigenvalue weighted by atomic mass is 16.3. The van der Waals surface area contributed by atoms with E-state index in [0.717, 1.165) is 30.1 Å². The van der Waals surface area contributed by atoms with E-state index in [0.29, 0.717) is 12.1 Å². The summed E-state index contributed by atoms with van der Waals surface area (Å²) in [6.07, 6.45) is 10.6. The molecule has 0 amide bonds. The minimum absolute atomic E-state index is 0.470. The van der Waals surface area contributed by atoms with Gasteiger partial charge in [0.25, 0.3) is 0 Å². The summed E-state index contributed by atoms with van der Waals surface area (Å²) >= 11 is 0. The fourth-order valence-corrected chi connectivity index (χ4v) is 5.64. The van der Waals surface area contributed by atoms with Crippen LogP contribution in [-0.2, 0) is 13.1 Å². The fourth-order valence-electron chi connectivity index (χ4n) is 5.64. The van der Waals surface area contributed by atoms with Crippen LogP contribution in [0.4, 0.5) is 0 Å². The topological polar surface area (TPSA) is 42.4 Å². The standard InChI is InChI=1S/C17H26N2O/c1-19(11-15-2-3-20-16(15)10-18)17-7-12-4-13(8-17)6-14(5-12)9-17/h2-3,12-14H,4-11,18H2,1H3. The van der Waals surface area contributed by atoms with Gasteiger partial charge in [0.15, 0.2) is 0 Å². The molecule has 3 heteroatoms. The van der Waals surface area contributed by atoms with Crippen molar-refractivity contribution in [3.05, 3.63) is 23.7 Å². The minimum atomic E-state index is 0.470. The summed E-state index contributed by atoms with van der Waals surface area (Å²) in [6, 6.07) is 2.10. The molecule has 4 fully saturated rings. The third-order valence-electron chi connectivity index (χ3n) is 6.25. The van der Waals surface area contributed by atoms with Gasteiger partial charge in [0.05, 0.1) is 12.8 Å². The van der Waals surface area contributed by atoms with Gasteiger partial charge in [0, 0.05) is 17.6 Å². The summed E-state index contributed by atoms with van der Waals surface area (Å²) in [7, 11) is 2.32. The van der Waals surface area contributed by atoms with Crippen molar-refractivity contribution in [1.82, 2.24) is 4.90 Å². The summed E-state index contributed by atoms with van der Waals surface area (Å²) < 4.78 is 5.48. The Morgan fingerprint density at radius 2 is 1.80 bits per heavy atom. The molecule has 0 atom stereocenters. The van der Waals surface area contributed by atoms with Crippen molar-refractivity contribution >= 4 is 0 Å². The normalized spacial score (nSPS) is 38.9. The van der Waals surface area contributed by atoms with Crippen LogP contribution in [0.25, 0.3) is 0 Å². The van der Waals surface area contributed by atoms with E-state index in [-0.39, 0.29) is 0 Å². The molecule has 3 nitrogen and oxygen atoms in total. The van der Waals surface area contributed by atoms with Gasteiger partial charge in [-0.05, 0) is 69.4 Å². The van der Waals surface area contributed by atoms with Gasteiger partial charge in [-0.3, -0.25) is 4.90 Å². The van der Waals surface area contributed by atoms with E-state index < -0.39 is 0 Å². The molecule has 0 unspecified atom stereocenters. The van der Waals surface area contributed by atoms with E-state index in [1.807, 2.05) is 0 Å². The average Bonchev–Trinajstić information content (AvgIpc) is 2.84. The zero-order chi connectivity index (χ0) is 13.7. The SMILES string of the molecule is CN(Cc1ccoc1CN)C12CC3CC(CC(C3)C1)C2. The molecule has 1 heterocycles. The predicted molar refractivity (Wildman–Crippen MR) is 79.0 cm³/mol. The van der Waals surface area contributed by atoms with Gasteiger partial charge in [-0.2, -0.15) is 0 Å². The number of hydrogen-bond donors (Lipinski definition) is 1. The molecule has 0 radical (unpaired) electrons. The summed E-state index contributed by atoms with van der Waals surface area (Å²) in [6.45, 7) is 1.51. The zero-order valence-corrected chi connectivity index (χ0v) is 12.5. The van der Waals surface area contributed by atoms with Crippen LogP contribution in [0.1, 0.15) is 49.8 Å². The van der Waals surface area contributed by atoms with Crippen molar-refractivity contribution < 1.29 is 4.42 Å². The second-order valence-electron chi connectivity index (χ2n) is 7.57.